The molecule has 0 atom stereocenters. The van der Waals surface area contributed by atoms with Crippen LogP contribution in [0.2, 0.25) is 0 Å². The van der Waals surface area contributed by atoms with Gasteiger partial charge in [0, 0.05) is 6.54 Å². The lowest BCUT2D eigenvalue weighted by molar-refractivity contribution is 0.0951. The van der Waals surface area contributed by atoms with E-state index in [0.29, 0.717) is 24.5 Å². The van der Waals surface area contributed by atoms with E-state index >= 15 is 0 Å². The van der Waals surface area contributed by atoms with Gasteiger partial charge >= 0.3 is 0 Å². The lowest BCUT2D eigenvalue weighted by Crippen LogP contribution is -2.23. The highest BCUT2D eigenvalue weighted by Gasteiger charge is 2.14. The van der Waals surface area contributed by atoms with Crippen molar-refractivity contribution in [1.29, 1.82) is 0 Å². The van der Waals surface area contributed by atoms with E-state index < -0.39 is 0 Å². The minimum atomic E-state index is -0.114. The van der Waals surface area contributed by atoms with Crippen LogP contribution in [0.15, 0.2) is 42.5 Å². The second-order valence-corrected chi connectivity index (χ2v) is 5.91. The van der Waals surface area contributed by atoms with Gasteiger partial charge in [-0.3, -0.25) is 4.79 Å². The summed E-state index contributed by atoms with van der Waals surface area (Å²) in [5.41, 5.74) is 2.53. The van der Waals surface area contributed by atoms with Gasteiger partial charge in [0.2, 0.25) is 0 Å². The highest BCUT2D eigenvalue weighted by Crippen LogP contribution is 2.25. The molecule has 0 aromatic heterocycles. The summed E-state index contributed by atoms with van der Waals surface area (Å²) in [6, 6.07) is 13.4. The van der Waals surface area contributed by atoms with Crippen LogP contribution in [0.5, 0.6) is 11.5 Å². The number of rotatable bonds is 7. The van der Waals surface area contributed by atoms with Crippen LogP contribution in [-0.2, 0) is 6.61 Å². The molecule has 4 nitrogen and oxygen atoms in total. The van der Waals surface area contributed by atoms with E-state index in [4.69, 9.17) is 9.47 Å². The fourth-order valence-corrected chi connectivity index (χ4v) is 2.37. The Kier molecular flexibility index (Phi) is 6.24. The number of ether oxygens (including phenoxy) is 2. The molecular weight excluding hydrogens is 302 g/mol. The van der Waals surface area contributed by atoms with Crippen LogP contribution in [0, 0.1) is 6.92 Å². The van der Waals surface area contributed by atoms with Crippen molar-refractivity contribution in [2.45, 2.75) is 40.4 Å². The second kappa shape index (κ2) is 8.39. The first-order chi connectivity index (χ1) is 11.5. The first kappa shape index (κ1) is 17.9. The van der Waals surface area contributed by atoms with Crippen LogP contribution < -0.4 is 14.8 Å². The molecule has 0 radical (unpaired) electrons. The van der Waals surface area contributed by atoms with E-state index in [1.807, 2.05) is 64.1 Å². The molecule has 0 aliphatic rings. The maximum absolute atomic E-state index is 12.2. The molecule has 0 bridgehead atoms. The molecule has 4 heteroatoms. The fraction of sp³-hybridized carbons (Fsp3) is 0.350. The summed E-state index contributed by atoms with van der Waals surface area (Å²) in [7, 11) is 0. The van der Waals surface area contributed by atoms with Crippen molar-refractivity contribution in [3.63, 3.8) is 0 Å². The van der Waals surface area contributed by atoms with Gasteiger partial charge in [0.1, 0.15) is 18.1 Å². The number of para-hydroxylation sites is 1. The van der Waals surface area contributed by atoms with E-state index in [9.17, 15) is 4.79 Å². The second-order valence-electron chi connectivity index (χ2n) is 5.91. The normalized spacial score (nSPS) is 10.5. The Labute approximate surface area is 143 Å². The maximum atomic E-state index is 12.2. The first-order valence-corrected chi connectivity index (χ1v) is 8.27. The Morgan fingerprint density at radius 3 is 2.46 bits per heavy atom. The first-order valence-electron chi connectivity index (χ1n) is 8.27. The van der Waals surface area contributed by atoms with Crippen molar-refractivity contribution < 1.29 is 14.3 Å². The van der Waals surface area contributed by atoms with E-state index in [1.165, 1.54) is 0 Å². The summed E-state index contributed by atoms with van der Waals surface area (Å²) < 4.78 is 11.6. The summed E-state index contributed by atoms with van der Waals surface area (Å²) in [4.78, 5) is 12.2. The Morgan fingerprint density at radius 1 is 1.12 bits per heavy atom. The van der Waals surface area contributed by atoms with Gasteiger partial charge in [0.15, 0.2) is 0 Å². The highest BCUT2D eigenvalue weighted by atomic mass is 16.5. The van der Waals surface area contributed by atoms with Crippen molar-refractivity contribution in [3.8, 4) is 11.5 Å². The molecule has 0 unspecified atom stereocenters. The summed E-state index contributed by atoms with van der Waals surface area (Å²) in [5, 5.41) is 2.82. The minimum absolute atomic E-state index is 0.114. The Balaban J connectivity index is 2.10. The number of amides is 1. The predicted octanol–water partition coefficient (Wildman–Crippen LogP) is 4.11. The largest absolute Gasteiger partial charge is 0.491 e. The Bertz CT molecular complexity index is 678. The molecule has 2 aromatic rings. The van der Waals surface area contributed by atoms with E-state index in [0.717, 1.165) is 16.9 Å². The third-order valence-corrected chi connectivity index (χ3v) is 3.47. The van der Waals surface area contributed by atoms with Crippen LogP contribution in [-0.4, -0.2) is 18.6 Å². The van der Waals surface area contributed by atoms with E-state index in [1.54, 1.807) is 6.07 Å². The molecule has 0 fully saturated rings. The molecule has 2 rings (SSSR count). The van der Waals surface area contributed by atoms with Gasteiger partial charge < -0.3 is 14.8 Å². The van der Waals surface area contributed by atoms with E-state index in [2.05, 4.69) is 5.32 Å². The SMILES string of the molecule is CCNC(=O)c1cccc(C)c1OCc1ccc(OC(C)C)cc1. The fourth-order valence-electron chi connectivity index (χ4n) is 2.37. The third kappa shape index (κ3) is 4.75. The number of benzene rings is 2. The highest BCUT2D eigenvalue weighted by molar-refractivity contribution is 5.97. The Hall–Kier alpha value is -2.49. The molecule has 128 valence electrons. The van der Waals surface area contributed by atoms with Gasteiger partial charge in [0.05, 0.1) is 11.7 Å². The molecule has 0 heterocycles. The van der Waals surface area contributed by atoms with Crippen molar-refractivity contribution in [2.24, 2.45) is 0 Å². The van der Waals surface area contributed by atoms with Crippen LogP contribution >= 0.6 is 0 Å². The summed E-state index contributed by atoms with van der Waals surface area (Å²) in [6.45, 7) is 8.82. The molecular formula is C20H25NO3. The van der Waals surface area contributed by atoms with Crippen LogP contribution in [0.3, 0.4) is 0 Å². The van der Waals surface area contributed by atoms with Crippen molar-refractivity contribution in [2.75, 3.05) is 6.54 Å². The maximum Gasteiger partial charge on any atom is 0.255 e. The number of carbonyl (C=O) groups excluding carboxylic acids is 1. The zero-order valence-corrected chi connectivity index (χ0v) is 14.8. The monoisotopic (exact) mass is 327 g/mol. The van der Waals surface area contributed by atoms with Crippen molar-refractivity contribution in [3.05, 3.63) is 59.2 Å². The molecule has 24 heavy (non-hydrogen) atoms. The lowest BCUT2D eigenvalue weighted by atomic mass is 10.1. The summed E-state index contributed by atoms with van der Waals surface area (Å²) in [6.07, 6.45) is 0.152. The molecule has 0 saturated carbocycles. The predicted molar refractivity (Wildman–Crippen MR) is 95.7 cm³/mol. The van der Waals surface area contributed by atoms with Gasteiger partial charge in [-0.25, -0.2) is 0 Å². The van der Waals surface area contributed by atoms with Gasteiger partial charge in [-0.1, -0.05) is 24.3 Å². The number of aryl methyl sites for hydroxylation is 1. The van der Waals surface area contributed by atoms with Crippen molar-refractivity contribution in [1.82, 2.24) is 5.32 Å². The molecule has 1 amide bonds. The van der Waals surface area contributed by atoms with Crippen LogP contribution in [0.1, 0.15) is 42.3 Å². The minimum Gasteiger partial charge on any atom is -0.491 e. The number of hydrogen-bond donors (Lipinski definition) is 1. The standard InChI is InChI=1S/C20H25NO3/c1-5-21-20(22)18-8-6-7-15(4)19(18)23-13-16-9-11-17(12-10-16)24-14(2)3/h6-12,14H,5,13H2,1-4H3,(H,21,22). The molecule has 2 aromatic carbocycles. The van der Waals surface area contributed by atoms with Gasteiger partial charge in [-0.05, 0) is 57.0 Å². The number of hydrogen-bond acceptors (Lipinski definition) is 3. The zero-order chi connectivity index (χ0) is 17.5. The summed E-state index contributed by atoms with van der Waals surface area (Å²) >= 11 is 0. The van der Waals surface area contributed by atoms with Crippen molar-refractivity contribution >= 4 is 5.91 Å². The summed E-state index contributed by atoms with van der Waals surface area (Å²) in [5.74, 6) is 1.36. The molecule has 0 spiro atoms. The van der Waals surface area contributed by atoms with Gasteiger partial charge in [-0.2, -0.15) is 0 Å². The third-order valence-electron chi connectivity index (χ3n) is 3.47. The molecule has 0 aliphatic heterocycles. The molecule has 0 aliphatic carbocycles. The smallest absolute Gasteiger partial charge is 0.255 e. The van der Waals surface area contributed by atoms with E-state index in [-0.39, 0.29) is 12.0 Å². The van der Waals surface area contributed by atoms with Gasteiger partial charge in [-0.15, -0.1) is 0 Å². The van der Waals surface area contributed by atoms with Crippen LogP contribution in [0.4, 0.5) is 0 Å². The number of carbonyl (C=O) groups is 1. The van der Waals surface area contributed by atoms with Crippen LogP contribution in [0.25, 0.3) is 0 Å². The average molecular weight is 327 g/mol. The quantitative estimate of drug-likeness (QED) is 0.832. The molecule has 1 N–H and O–H groups in total. The van der Waals surface area contributed by atoms with Gasteiger partial charge in [0.25, 0.3) is 5.91 Å². The number of nitrogens with one attached hydrogen (secondary N) is 1. The Morgan fingerprint density at radius 2 is 1.83 bits per heavy atom. The topological polar surface area (TPSA) is 47.6 Å². The lowest BCUT2D eigenvalue weighted by Gasteiger charge is -2.14. The average Bonchev–Trinajstić information content (AvgIpc) is 2.54. The zero-order valence-electron chi connectivity index (χ0n) is 14.8. The molecule has 0 saturated heterocycles.